The van der Waals surface area contributed by atoms with Gasteiger partial charge < -0.3 is 14.8 Å². The van der Waals surface area contributed by atoms with Gasteiger partial charge in [-0.3, -0.25) is 9.69 Å². The minimum Gasteiger partial charge on any atom is -0.493 e. The first-order chi connectivity index (χ1) is 13.1. The van der Waals surface area contributed by atoms with Crippen LogP contribution in [0, 0.1) is 6.92 Å². The van der Waals surface area contributed by atoms with Crippen LogP contribution in [0.2, 0.25) is 0 Å². The molecule has 0 aliphatic carbocycles. The van der Waals surface area contributed by atoms with Crippen LogP contribution in [0.15, 0.2) is 42.5 Å². The Balaban J connectivity index is 1.45. The van der Waals surface area contributed by atoms with Gasteiger partial charge in [0.05, 0.1) is 7.11 Å². The molecular weight excluding hydrogens is 340 g/mol. The largest absolute Gasteiger partial charge is 0.493 e. The number of methoxy groups -OCH3 is 1. The molecule has 1 atom stereocenters. The van der Waals surface area contributed by atoms with E-state index in [-0.39, 0.29) is 18.6 Å². The topological polar surface area (TPSA) is 50.8 Å². The molecule has 0 spiro atoms. The van der Waals surface area contributed by atoms with Crippen molar-refractivity contribution in [2.45, 2.75) is 32.9 Å². The summed E-state index contributed by atoms with van der Waals surface area (Å²) in [6.45, 7) is 6.68. The van der Waals surface area contributed by atoms with Crippen molar-refractivity contribution in [3.05, 3.63) is 59.2 Å². The molecule has 0 saturated carbocycles. The van der Waals surface area contributed by atoms with E-state index in [4.69, 9.17) is 9.47 Å². The lowest BCUT2D eigenvalue weighted by Gasteiger charge is -2.33. The summed E-state index contributed by atoms with van der Waals surface area (Å²) in [5.41, 5.74) is 3.91. The molecule has 2 aromatic carbocycles. The van der Waals surface area contributed by atoms with Gasteiger partial charge in [0.1, 0.15) is 0 Å². The van der Waals surface area contributed by atoms with Crippen molar-refractivity contribution < 1.29 is 14.3 Å². The number of benzene rings is 2. The molecule has 1 N–H and O–H groups in total. The molecule has 5 nitrogen and oxygen atoms in total. The molecule has 2 aromatic rings. The number of nitrogens with zero attached hydrogens (tertiary/aromatic N) is 1. The highest BCUT2D eigenvalue weighted by Gasteiger charge is 2.20. The first kappa shape index (κ1) is 19.2. The Morgan fingerprint density at radius 3 is 2.74 bits per heavy atom. The van der Waals surface area contributed by atoms with Crippen LogP contribution in [-0.4, -0.2) is 43.7 Å². The summed E-state index contributed by atoms with van der Waals surface area (Å²) < 4.78 is 10.9. The van der Waals surface area contributed by atoms with Crippen LogP contribution in [0.3, 0.4) is 0 Å². The highest BCUT2D eigenvalue weighted by molar-refractivity contribution is 5.77. The predicted octanol–water partition coefficient (Wildman–Crippen LogP) is 2.95. The van der Waals surface area contributed by atoms with Crippen molar-refractivity contribution in [1.82, 2.24) is 10.2 Å². The number of amides is 1. The zero-order valence-electron chi connectivity index (χ0n) is 16.3. The van der Waals surface area contributed by atoms with Crippen LogP contribution in [0.1, 0.15) is 23.6 Å². The first-order valence-electron chi connectivity index (χ1n) is 9.42. The SMILES string of the molecule is COc1cc(C)ccc1OCC(=O)NCC(C)N1CCc2ccccc2C1. The Labute approximate surface area is 161 Å². The van der Waals surface area contributed by atoms with Gasteiger partial charge in [-0.2, -0.15) is 0 Å². The van der Waals surface area contributed by atoms with Crippen molar-refractivity contribution in [2.24, 2.45) is 0 Å². The average molecular weight is 368 g/mol. The summed E-state index contributed by atoms with van der Waals surface area (Å²) in [4.78, 5) is 14.6. The summed E-state index contributed by atoms with van der Waals surface area (Å²) in [5, 5.41) is 2.98. The van der Waals surface area contributed by atoms with E-state index in [9.17, 15) is 4.79 Å². The van der Waals surface area contributed by atoms with E-state index in [1.165, 1.54) is 11.1 Å². The maximum atomic E-state index is 12.2. The molecule has 1 amide bonds. The number of hydrogen-bond donors (Lipinski definition) is 1. The molecule has 0 saturated heterocycles. The molecule has 0 fully saturated rings. The van der Waals surface area contributed by atoms with Crippen molar-refractivity contribution in [3.63, 3.8) is 0 Å². The molecule has 144 valence electrons. The van der Waals surface area contributed by atoms with Gasteiger partial charge in [-0.25, -0.2) is 0 Å². The zero-order valence-corrected chi connectivity index (χ0v) is 16.3. The van der Waals surface area contributed by atoms with E-state index in [2.05, 4.69) is 41.4 Å². The molecule has 0 aromatic heterocycles. The van der Waals surface area contributed by atoms with Crippen molar-refractivity contribution in [2.75, 3.05) is 26.8 Å². The van der Waals surface area contributed by atoms with Crippen LogP contribution in [0.5, 0.6) is 11.5 Å². The number of aryl methyl sites for hydroxylation is 1. The van der Waals surface area contributed by atoms with Crippen LogP contribution in [-0.2, 0) is 17.8 Å². The van der Waals surface area contributed by atoms with Gasteiger partial charge in [-0.15, -0.1) is 0 Å². The second-order valence-corrected chi connectivity index (χ2v) is 7.09. The Hall–Kier alpha value is -2.53. The van der Waals surface area contributed by atoms with Crippen molar-refractivity contribution in [3.8, 4) is 11.5 Å². The highest BCUT2D eigenvalue weighted by Crippen LogP contribution is 2.27. The number of rotatable bonds is 7. The fourth-order valence-electron chi connectivity index (χ4n) is 3.37. The minimum absolute atomic E-state index is 0.0189. The second-order valence-electron chi connectivity index (χ2n) is 7.09. The van der Waals surface area contributed by atoms with E-state index in [0.29, 0.717) is 18.0 Å². The van der Waals surface area contributed by atoms with Gasteiger partial charge in [0.2, 0.25) is 0 Å². The molecule has 1 heterocycles. The molecule has 1 aliphatic rings. The third-order valence-electron chi connectivity index (χ3n) is 5.06. The first-order valence-corrected chi connectivity index (χ1v) is 9.42. The maximum absolute atomic E-state index is 12.2. The van der Waals surface area contributed by atoms with E-state index in [1.807, 2.05) is 25.1 Å². The second kappa shape index (κ2) is 8.91. The lowest BCUT2D eigenvalue weighted by molar-refractivity contribution is -0.123. The number of carbonyl (C=O) groups excluding carboxylic acids is 1. The number of fused-ring (bicyclic) bond motifs is 1. The standard InChI is InChI=1S/C22H28N2O3/c1-16-8-9-20(21(12-16)26-3)27-15-22(25)23-13-17(2)24-11-10-18-6-4-5-7-19(18)14-24/h4-9,12,17H,10-11,13-15H2,1-3H3,(H,23,25). The molecule has 1 aliphatic heterocycles. The smallest absolute Gasteiger partial charge is 0.257 e. The number of nitrogens with one attached hydrogen (secondary N) is 1. The van der Waals surface area contributed by atoms with Crippen LogP contribution in [0.4, 0.5) is 0 Å². The fourth-order valence-corrected chi connectivity index (χ4v) is 3.37. The highest BCUT2D eigenvalue weighted by atomic mass is 16.5. The summed E-state index contributed by atoms with van der Waals surface area (Å²) in [6, 6.07) is 14.5. The number of carbonyl (C=O) groups is 1. The Bertz CT molecular complexity index is 791. The summed E-state index contributed by atoms with van der Waals surface area (Å²) in [6.07, 6.45) is 1.06. The van der Waals surface area contributed by atoms with Gasteiger partial charge in [-0.05, 0) is 49.1 Å². The molecule has 1 unspecified atom stereocenters. The van der Waals surface area contributed by atoms with Crippen molar-refractivity contribution >= 4 is 5.91 Å². The Morgan fingerprint density at radius 2 is 1.96 bits per heavy atom. The molecule has 0 radical (unpaired) electrons. The molecule has 3 rings (SSSR count). The summed E-state index contributed by atoms with van der Waals surface area (Å²) in [7, 11) is 1.60. The van der Waals surface area contributed by atoms with E-state index in [0.717, 1.165) is 25.1 Å². The number of ether oxygens (including phenoxy) is 2. The molecule has 27 heavy (non-hydrogen) atoms. The third-order valence-corrected chi connectivity index (χ3v) is 5.06. The zero-order chi connectivity index (χ0) is 19.2. The van der Waals surface area contributed by atoms with Gasteiger partial charge in [0, 0.05) is 25.7 Å². The van der Waals surface area contributed by atoms with Gasteiger partial charge in [0.25, 0.3) is 5.91 Å². The van der Waals surface area contributed by atoms with Crippen LogP contribution >= 0.6 is 0 Å². The fraction of sp³-hybridized carbons (Fsp3) is 0.409. The Kier molecular flexibility index (Phi) is 6.35. The van der Waals surface area contributed by atoms with Gasteiger partial charge in [-0.1, -0.05) is 30.3 Å². The van der Waals surface area contributed by atoms with Crippen LogP contribution in [0.25, 0.3) is 0 Å². The monoisotopic (exact) mass is 368 g/mol. The van der Waals surface area contributed by atoms with Crippen LogP contribution < -0.4 is 14.8 Å². The predicted molar refractivity (Wildman–Crippen MR) is 106 cm³/mol. The summed E-state index contributed by atoms with van der Waals surface area (Å²) >= 11 is 0. The van der Waals surface area contributed by atoms with E-state index >= 15 is 0 Å². The normalized spacial score (nSPS) is 14.9. The molecule has 5 heteroatoms. The average Bonchev–Trinajstić information content (AvgIpc) is 2.70. The van der Waals surface area contributed by atoms with Gasteiger partial charge in [0.15, 0.2) is 18.1 Å². The molecular formula is C22H28N2O3. The van der Waals surface area contributed by atoms with Crippen molar-refractivity contribution in [1.29, 1.82) is 0 Å². The van der Waals surface area contributed by atoms with E-state index in [1.54, 1.807) is 7.11 Å². The third kappa shape index (κ3) is 5.01. The lowest BCUT2D eigenvalue weighted by Crippen LogP contribution is -2.45. The molecule has 0 bridgehead atoms. The van der Waals surface area contributed by atoms with E-state index < -0.39 is 0 Å². The number of hydrogen-bond acceptors (Lipinski definition) is 4. The maximum Gasteiger partial charge on any atom is 0.257 e. The van der Waals surface area contributed by atoms with Gasteiger partial charge >= 0.3 is 0 Å². The minimum atomic E-state index is -0.123. The quantitative estimate of drug-likeness (QED) is 0.816. The lowest BCUT2D eigenvalue weighted by atomic mass is 9.99. The Morgan fingerprint density at radius 1 is 1.19 bits per heavy atom. The summed E-state index contributed by atoms with van der Waals surface area (Å²) in [5.74, 6) is 1.10.